The molecule has 1 unspecified atom stereocenters. The Kier molecular flexibility index (Phi) is 5.43. The maximum absolute atomic E-state index is 14.3. The summed E-state index contributed by atoms with van der Waals surface area (Å²) in [4.78, 5) is 14.1. The number of hydrogen-bond donors (Lipinski definition) is 0. The number of rotatable bonds is 3. The van der Waals surface area contributed by atoms with Gasteiger partial charge in [0.05, 0.1) is 0 Å². The first-order valence-electron chi connectivity index (χ1n) is 8.98. The van der Waals surface area contributed by atoms with Crippen molar-refractivity contribution in [3.63, 3.8) is 0 Å². The van der Waals surface area contributed by atoms with Crippen molar-refractivity contribution in [3.05, 3.63) is 29.6 Å². The Balaban J connectivity index is 1.88. The molecule has 0 bridgehead atoms. The number of hydrogen-bond acceptors (Lipinski definition) is 3. The molecule has 0 N–H and O–H groups in total. The van der Waals surface area contributed by atoms with Gasteiger partial charge in [0.25, 0.3) is 5.91 Å². The van der Waals surface area contributed by atoms with Crippen LogP contribution in [0.25, 0.3) is 0 Å². The fraction of sp³-hybridized carbons (Fsp3) is 0.611. The van der Waals surface area contributed by atoms with Crippen LogP contribution in [0.5, 0.6) is 0 Å². The van der Waals surface area contributed by atoms with Gasteiger partial charge in [-0.05, 0) is 49.8 Å². The zero-order valence-corrected chi connectivity index (χ0v) is 15.4. The first kappa shape index (κ1) is 18.3. The number of likely N-dealkylation sites (tertiary alicyclic amines) is 1. The number of piperidine rings is 2. The molecule has 2 saturated heterocycles. The second kappa shape index (κ2) is 7.41. The number of nitrogens with zero attached hydrogens (tertiary/aromatic N) is 2. The van der Waals surface area contributed by atoms with Crippen molar-refractivity contribution in [1.29, 1.82) is 0 Å². The van der Waals surface area contributed by atoms with Crippen molar-refractivity contribution in [1.82, 2.24) is 9.21 Å². The number of amides is 1. The van der Waals surface area contributed by atoms with Crippen LogP contribution in [0, 0.1) is 11.7 Å². The van der Waals surface area contributed by atoms with E-state index >= 15 is 0 Å². The van der Waals surface area contributed by atoms with E-state index < -0.39 is 15.8 Å². The molecule has 2 aliphatic rings. The Labute approximate surface area is 148 Å². The Morgan fingerprint density at radius 2 is 1.84 bits per heavy atom. The highest BCUT2D eigenvalue weighted by atomic mass is 32.2. The summed E-state index contributed by atoms with van der Waals surface area (Å²) in [5.74, 6) is -0.592. The van der Waals surface area contributed by atoms with Crippen LogP contribution in [0.3, 0.4) is 0 Å². The van der Waals surface area contributed by atoms with Crippen LogP contribution < -0.4 is 0 Å². The topological polar surface area (TPSA) is 57.7 Å². The molecule has 0 aliphatic carbocycles. The zero-order valence-electron chi connectivity index (χ0n) is 14.6. The highest BCUT2D eigenvalue weighted by Crippen LogP contribution is 2.25. The van der Waals surface area contributed by atoms with Crippen molar-refractivity contribution in [2.75, 3.05) is 26.2 Å². The third kappa shape index (κ3) is 3.87. The summed E-state index contributed by atoms with van der Waals surface area (Å²) in [7, 11) is -3.90. The highest BCUT2D eigenvalue weighted by molar-refractivity contribution is 7.89. The molecule has 2 heterocycles. The Morgan fingerprint density at radius 3 is 2.52 bits per heavy atom. The lowest BCUT2D eigenvalue weighted by Gasteiger charge is -2.31. The van der Waals surface area contributed by atoms with Gasteiger partial charge < -0.3 is 4.90 Å². The van der Waals surface area contributed by atoms with Gasteiger partial charge in [0.1, 0.15) is 10.7 Å². The second-order valence-electron chi connectivity index (χ2n) is 7.11. The smallest absolute Gasteiger partial charge is 0.253 e. The monoisotopic (exact) mass is 368 g/mol. The molecule has 2 fully saturated rings. The quantitative estimate of drug-likeness (QED) is 0.824. The van der Waals surface area contributed by atoms with Gasteiger partial charge in [0.15, 0.2) is 0 Å². The molecule has 0 saturated carbocycles. The van der Waals surface area contributed by atoms with E-state index in [-0.39, 0.29) is 16.4 Å². The minimum Gasteiger partial charge on any atom is -0.338 e. The fourth-order valence-corrected chi connectivity index (χ4v) is 5.24. The van der Waals surface area contributed by atoms with E-state index in [1.165, 1.54) is 16.4 Å². The predicted octanol–water partition coefficient (Wildman–Crippen LogP) is 2.87. The third-order valence-electron chi connectivity index (χ3n) is 5.06. The van der Waals surface area contributed by atoms with Crippen molar-refractivity contribution in [2.24, 2.45) is 5.92 Å². The van der Waals surface area contributed by atoms with Crippen molar-refractivity contribution < 1.29 is 17.6 Å². The summed E-state index contributed by atoms with van der Waals surface area (Å²) in [6.45, 7) is 4.22. The Hall–Kier alpha value is -1.47. The summed E-state index contributed by atoms with van der Waals surface area (Å²) in [5, 5.41) is 0. The van der Waals surface area contributed by atoms with E-state index in [9.17, 15) is 17.6 Å². The van der Waals surface area contributed by atoms with E-state index in [0.717, 1.165) is 38.2 Å². The van der Waals surface area contributed by atoms with Crippen LogP contribution >= 0.6 is 0 Å². The molecule has 0 aromatic heterocycles. The van der Waals surface area contributed by atoms with Gasteiger partial charge in [-0.25, -0.2) is 12.8 Å². The number of benzene rings is 1. The van der Waals surface area contributed by atoms with Gasteiger partial charge in [0, 0.05) is 31.7 Å². The molecule has 2 aliphatic heterocycles. The van der Waals surface area contributed by atoms with Crippen molar-refractivity contribution in [2.45, 2.75) is 43.9 Å². The second-order valence-corrected chi connectivity index (χ2v) is 9.01. The molecular formula is C18H25FN2O3S. The first-order chi connectivity index (χ1) is 11.9. The van der Waals surface area contributed by atoms with Gasteiger partial charge >= 0.3 is 0 Å². The van der Waals surface area contributed by atoms with E-state index in [4.69, 9.17) is 0 Å². The molecule has 1 amide bonds. The molecule has 7 heteroatoms. The molecule has 0 spiro atoms. The predicted molar refractivity (Wildman–Crippen MR) is 93.3 cm³/mol. The summed E-state index contributed by atoms with van der Waals surface area (Å²) in [5.41, 5.74) is 0.242. The normalized spacial score (nSPS) is 22.8. The number of carbonyl (C=O) groups is 1. The van der Waals surface area contributed by atoms with Gasteiger partial charge in [-0.2, -0.15) is 4.31 Å². The summed E-state index contributed by atoms with van der Waals surface area (Å²) >= 11 is 0. The highest BCUT2D eigenvalue weighted by Gasteiger charge is 2.30. The third-order valence-corrected chi connectivity index (χ3v) is 6.97. The average molecular weight is 368 g/mol. The molecular weight excluding hydrogens is 343 g/mol. The molecule has 25 heavy (non-hydrogen) atoms. The summed E-state index contributed by atoms with van der Waals surface area (Å²) in [6.07, 6.45) is 4.57. The molecule has 138 valence electrons. The van der Waals surface area contributed by atoms with Crippen LogP contribution in [0.4, 0.5) is 4.39 Å². The number of sulfonamides is 1. The van der Waals surface area contributed by atoms with E-state index in [2.05, 4.69) is 6.92 Å². The first-order valence-corrected chi connectivity index (χ1v) is 10.4. The molecule has 1 atom stereocenters. The maximum atomic E-state index is 14.3. The lowest BCUT2D eigenvalue weighted by Crippen LogP contribution is -2.39. The van der Waals surface area contributed by atoms with E-state index in [0.29, 0.717) is 32.1 Å². The minimum atomic E-state index is -3.90. The Bertz CT molecular complexity index is 745. The largest absolute Gasteiger partial charge is 0.338 e. The molecule has 5 nitrogen and oxygen atoms in total. The lowest BCUT2D eigenvalue weighted by atomic mass is 9.99. The van der Waals surface area contributed by atoms with Crippen LogP contribution in [0.1, 0.15) is 49.4 Å². The van der Waals surface area contributed by atoms with Gasteiger partial charge in [0.2, 0.25) is 10.0 Å². The maximum Gasteiger partial charge on any atom is 0.253 e. The van der Waals surface area contributed by atoms with E-state index in [1.54, 1.807) is 4.90 Å². The van der Waals surface area contributed by atoms with Crippen molar-refractivity contribution >= 4 is 15.9 Å². The lowest BCUT2D eigenvalue weighted by molar-refractivity contribution is 0.0682. The fourth-order valence-electron chi connectivity index (χ4n) is 3.63. The number of carbonyl (C=O) groups excluding carboxylic acids is 1. The van der Waals surface area contributed by atoms with Crippen LogP contribution in [-0.2, 0) is 10.0 Å². The van der Waals surface area contributed by atoms with Crippen molar-refractivity contribution in [3.8, 4) is 0 Å². The van der Waals surface area contributed by atoms with Gasteiger partial charge in [-0.1, -0.05) is 13.3 Å². The average Bonchev–Trinajstić information content (AvgIpc) is 2.62. The molecule has 1 aromatic rings. The van der Waals surface area contributed by atoms with Gasteiger partial charge in [-0.3, -0.25) is 4.79 Å². The number of halogens is 1. The minimum absolute atomic E-state index is 0.221. The zero-order chi connectivity index (χ0) is 18.0. The standard InChI is InChI=1S/C18H25FN2O3S/c1-14-6-5-9-20(13-14)18(22)15-7-8-16(19)17(12-15)25(23,24)21-10-3-2-4-11-21/h7-8,12,14H,2-6,9-11,13H2,1H3. The molecule has 0 radical (unpaired) electrons. The molecule has 1 aromatic carbocycles. The van der Waals surface area contributed by atoms with Gasteiger partial charge in [-0.15, -0.1) is 0 Å². The van der Waals surface area contributed by atoms with E-state index in [1.807, 2.05) is 0 Å². The van der Waals surface area contributed by atoms with Crippen LogP contribution in [0.2, 0.25) is 0 Å². The summed E-state index contributed by atoms with van der Waals surface area (Å²) in [6, 6.07) is 3.68. The summed E-state index contributed by atoms with van der Waals surface area (Å²) < 4.78 is 41.1. The van der Waals surface area contributed by atoms with Crippen LogP contribution in [0.15, 0.2) is 23.1 Å². The van der Waals surface area contributed by atoms with Crippen LogP contribution in [-0.4, -0.2) is 49.7 Å². The Morgan fingerprint density at radius 1 is 1.12 bits per heavy atom. The SMILES string of the molecule is CC1CCCN(C(=O)c2ccc(F)c(S(=O)(=O)N3CCCCC3)c2)C1. The molecule has 3 rings (SSSR count).